The van der Waals surface area contributed by atoms with Crippen LogP contribution in [0, 0.1) is 5.92 Å². The van der Waals surface area contributed by atoms with E-state index in [0.29, 0.717) is 11.4 Å². The summed E-state index contributed by atoms with van der Waals surface area (Å²) in [6, 6.07) is 5.37. The zero-order valence-corrected chi connectivity index (χ0v) is 11.3. The minimum absolute atomic E-state index is 0.0659. The standard InChI is InChI=1S/C13H20ClNO2/c1-9(2)13(16,8-15)7-10-6-11(14)4-5-12(10)17-3/h4-6,9,16H,7-8,15H2,1-3H3. The van der Waals surface area contributed by atoms with Crippen molar-refractivity contribution >= 4 is 11.6 Å². The van der Waals surface area contributed by atoms with Gasteiger partial charge in [-0.3, -0.25) is 0 Å². The number of rotatable bonds is 5. The maximum atomic E-state index is 10.4. The summed E-state index contributed by atoms with van der Waals surface area (Å²) in [7, 11) is 1.60. The Kier molecular flexibility index (Phi) is 4.80. The maximum absolute atomic E-state index is 10.4. The minimum atomic E-state index is -0.933. The van der Waals surface area contributed by atoms with Crippen molar-refractivity contribution in [2.45, 2.75) is 25.9 Å². The fourth-order valence-electron chi connectivity index (χ4n) is 1.73. The van der Waals surface area contributed by atoms with Crippen molar-refractivity contribution in [2.75, 3.05) is 13.7 Å². The number of halogens is 1. The molecule has 4 heteroatoms. The van der Waals surface area contributed by atoms with E-state index in [1.54, 1.807) is 19.2 Å². The lowest BCUT2D eigenvalue weighted by Gasteiger charge is -2.31. The van der Waals surface area contributed by atoms with Gasteiger partial charge in [0.25, 0.3) is 0 Å². The van der Waals surface area contributed by atoms with Crippen molar-refractivity contribution in [2.24, 2.45) is 11.7 Å². The van der Waals surface area contributed by atoms with Crippen molar-refractivity contribution in [1.29, 1.82) is 0 Å². The average Bonchev–Trinajstić information content (AvgIpc) is 2.29. The first-order valence-electron chi connectivity index (χ1n) is 5.68. The average molecular weight is 258 g/mol. The Labute approximate surface area is 108 Å². The third kappa shape index (κ3) is 3.35. The highest BCUT2D eigenvalue weighted by Crippen LogP contribution is 2.29. The predicted octanol–water partition coefficient (Wildman–Crippen LogP) is 2.24. The largest absolute Gasteiger partial charge is 0.496 e. The predicted molar refractivity (Wildman–Crippen MR) is 70.6 cm³/mol. The molecule has 1 unspecified atom stereocenters. The van der Waals surface area contributed by atoms with Crippen LogP contribution < -0.4 is 10.5 Å². The number of hydrogen-bond donors (Lipinski definition) is 2. The lowest BCUT2D eigenvalue weighted by atomic mass is 9.84. The number of nitrogens with two attached hydrogens (primary N) is 1. The van der Waals surface area contributed by atoms with Crippen molar-refractivity contribution in [3.8, 4) is 5.75 Å². The van der Waals surface area contributed by atoms with Crippen molar-refractivity contribution in [3.63, 3.8) is 0 Å². The van der Waals surface area contributed by atoms with Crippen molar-refractivity contribution in [1.82, 2.24) is 0 Å². The van der Waals surface area contributed by atoms with E-state index in [4.69, 9.17) is 22.1 Å². The summed E-state index contributed by atoms with van der Waals surface area (Å²) >= 11 is 5.96. The molecule has 0 heterocycles. The SMILES string of the molecule is COc1ccc(Cl)cc1CC(O)(CN)C(C)C. The van der Waals surface area contributed by atoms with Gasteiger partial charge in [0.1, 0.15) is 5.75 Å². The molecule has 0 saturated carbocycles. The highest BCUT2D eigenvalue weighted by atomic mass is 35.5. The lowest BCUT2D eigenvalue weighted by Crippen LogP contribution is -2.44. The quantitative estimate of drug-likeness (QED) is 0.851. The molecule has 0 aliphatic rings. The molecule has 0 aliphatic carbocycles. The van der Waals surface area contributed by atoms with Gasteiger partial charge in [-0.15, -0.1) is 0 Å². The molecular weight excluding hydrogens is 238 g/mol. The first-order chi connectivity index (χ1) is 7.92. The summed E-state index contributed by atoms with van der Waals surface area (Å²) in [6.07, 6.45) is 0.435. The Morgan fingerprint density at radius 3 is 2.59 bits per heavy atom. The molecule has 0 radical (unpaired) electrons. The van der Waals surface area contributed by atoms with E-state index in [0.717, 1.165) is 11.3 Å². The van der Waals surface area contributed by atoms with Crippen LogP contribution in [0.4, 0.5) is 0 Å². The van der Waals surface area contributed by atoms with E-state index in [-0.39, 0.29) is 12.5 Å². The molecule has 96 valence electrons. The molecule has 0 saturated heterocycles. The first kappa shape index (κ1) is 14.3. The van der Waals surface area contributed by atoms with E-state index >= 15 is 0 Å². The van der Waals surface area contributed by atoms with Gasteiger partial charge in [0.05, 0.1) is 12.7 Å². The summed E-state index contributed by atoms with van der Waals surface area (Å²) in [5.41, 5.74) is 5.61. The van der Waals surface area contributed by atoms with Crippen molar-refractivity contribution < 1.29 is 9.84 Å². The number of aliphatic hydroxyl groups is 1. The Bertz CT molecular complexity index is 382. The summed E-state index contributed by atoms with van der Waals surface area (Å²) in [5.74, 6) is 0.790. The molecule has 0 spiro atoms. The van der Waals surface area contributed by atoms with Crippen LogP contribution in [-0.2, 0) is 6.42 Å². The Morgan fingerprint density at radius 1 is 1.47 bits per heavy atom. The van der Waals surface area contributed by atoms with E-state index in [1.807, 2.05) is 19.9 Å². The van der Waals surface area contributed by atoms with Gasteiger partial charge in [0, 0.05) is 18.0 Å². The number of methoxy groups -OCH3 is 1. The zero-order valence-electron chi connectivity index (χ0n) is 10.5. The van der Waals surface area contributed by atoms with Gasteiger partial charge in [-0.2, -0.15) is 0 Å². The fourth-order valence-corrected chi connectivity index (χ4v) is 1.92. The monoisotopic (exact) mass is 257 g/mol. The molecular formula is C13H20ClNO2. The van der Waals surface area contributed by atoms with E-state index in [2.05, 4.69) is 0 Å². The Morgan fingerprint density at radius 2 is 2.12 bits per heavy atom. The van der Waals surface area contributed by atoms with Crippen LogP contribution >= 0.6 is 11.6 Å². The molecule has 0 aromatic heterocycles. The molecule has 1 aromatic carbocycles. The number of benzene rings is 1. The molecule has 1 aromatic rings. The van der Waals surface area contributed by atoms with Gasteiger partial charge in [0.15, 0.2) is 0 Å². The van der Waals surface area contributed by atoms with Gasteiger partial charge in [0.2, 0.25) is 0 Å². The van der Waals surface area contributed by atoms with Crippen LogP contribution in [0.3, 0.4) is 0 Å². The second-order valence-electron chi connectivity index (χ2n) is 4.60. The van der Waals surface area contributed by atoms with Gasteiger partial charge in [-0.1, -0.05) is 25.4 Å². The second kappa shape index (κ2) is 5.71. The molecule has 17 heavy (non-hydrogen) atoms. The second-order valence-corrected chi connectivity index (χ2v) is 5.03. The highest BCUT2D eigenvalue weighted by Gasteiger charge is 2.30. The smallest absolute Gasteiger partial charge is 0.122 e. The van der Waals surface area contributed by atoms with Crippen LogP contribution in [0.1, 0.15) is 19.4 Å². The molecule has 0 bridgehead atoms. The van der Waals surface area contributed by atoms with Gasteiger partial charge in [-0.25, -0.2) is 0 Å². The highest BCUT2D eigenvalue weighted by molar-refractivity contribution is 6.30. The summed E-state index contributed by atoms with van der Waals surface area (Å²) in [4.78, 5) is 0. The minimum Gasteiger partial charge on any atom is -0.496 e. The Hall–Kier alpha value is -0.770. The van der Waals surface area contributed by atoms with Crippen LogP contribution in [-0.4, -0.2) is 24.4 Å². The molecule has 1 rings (SSSR count). The van der Waals surface area contributed by atoms with E-state index in [1.165, 1.54) is 0 Å². The van der Waals surface area contributed by atoms with Gasteiger partial charge < -0.3 is 15.6 Å². The van der Waals surface area contributed by atoms with Crippen LogP contribution in [0.15, 0.2) is 18.2 Å². The van der Waals surface area contributed by atoms with Crippen LogP contribution in [0.2, 0.25) is 5.02 Å². The molecule has 0 fully saturated rings. The molecule has 3 nitrogen and oxygen atoms in total. The lowest BCUT2D eigenvalue weighted by molar-refractivity contribution is 0.00363. The fraction of sp³-hybridized carbons (Fsp3) is 0.538. The zero-order chi connectivity index (χ0) is 13.1. The third-order valence-electron chi connectivity index (χ3n) is 3.17. The third-order valence-corrected chi connectivity index (χ3v) is 3.40. The summed E-state index contributed by atoms with van der Waals surface area (Å²) in [5, 5.41) is 11.1. The molecule has 3 N–H and O–H groups in total. The van der Waals surface area contributed by atoms with Crippen LogP contribution in [0.25, 0.3) is 0 Å². The van der Waals surface area contributed by atoms with Gasteiger partial charge in [-0.05, 0) is 29.7 Å². The first-order valence-corrected chi connectivity index (χ1v) is 6.05. The topological polar surface area (TPSA) is 55.5 Å². The van der Waals surface area contributed by atoms with Crippen molar-refractivity contribution in [3.05, 3.63) is 28.8 Å². The van der Waals surface area contributed by atoms with E-state index in [9.17, 15) is 5.11 Å². The molecule has 0 amide bonds. The summed E-state index contributed by atoms with van der Waals surface area (Å²) in [6.45, 7) is 4.11. The van der Waals surface area contributed by atoms with E-state index < -0.39 is 5.60 Å². The normalized spacial score (nSPS) is 14.8. The van der Waals surface area contributed by atoms with Gasteiger partial charge >= 0.3 is 0 Å². The number of hydrogen-bond acceptors (Lipinski definition) is 3. The summed E-state index contributed by atoms with van der Waals surface area (Å²) < 4.78 is 5.26. The molecule has 0 aliphatic heterocycles. The number of ether oxygens (including phenoxy) is 1. The van der Waals surface area contributed by atoms with Crippen LogP contribution in [0.5, 0.6) is 5.75 Å². The molecule has 1 atom stereocenters. The maximum Gasteiger partial charge on any atom is 0.122 e. The Balaban J connectivity index is 3.04.